The van der Waals surface area contributed by atoms with Crippen LogP contribution in [0.2, 0.25) is 0 Å². The van der Waals surface area contributed by atoms with Crippen LogP contribution in [-0.4, -0.2) is 28.0 Å². The number of aryl methyl sites for hydroxylation is 1. The Morgan fingerprint density at radius 1 is 1.35 bits per heavy atom. The van der Waals surface area contributed by atoms with Crippen LogP contribution in [0.3, 0.4) is 0 Å². The van der Waals surface area contributed by atoms with Crippen molar-refractivity contribution in [1.29, 1.82) is 0 Å². The molecule has 1 heterocycles. The van der Waals surface area contributed by atoms with Crippen LogP contribution in [0.4, 0.5) is 4.79 Å². The second-order valence-corrected chi connectivity index (χ2v) is 6.13. The second-order valence-electron chi connectivity index (χ2n) is 6.13. The smallest absolute Gasteiger partial charge is 0.437 e. The number of aromatic nitrogens is 2. The molecule has 0 aliphatic heterocycles. The molecule has 124 valence electrons. The molecule has 0 atom stereocenters. The van der Waals surface area contributed by atoms with E-state index in [2.05, 4.69) is 10.4 Å². The van der Waals surface area contributed by atoms with E-state index >= 15 is 0 Å². The molecule has 0 aliphatic carbocycles. The Bertz CT molecular complexity index is 740. The minimum atomic E-state index is -0.528. The molecule has 0 saturated carbocycles. The van der Waals surface area contributed by atoms with Gasteiger partial charge in [-0.05, 0) is 38.8 Å². The van der Waals surface area contributed by atoms with Gasteiger partial charge in [0.1, 0.15) is 5.60 Å². The average molecular weight is 319 g/mol. The average Bonchev–Trinajstić information content (AvgIpc) is 2.77. The molecule has 1 aromatic carbocycles. The molecule has 1 N–H and O–H groups in total. The summed E-state index contributed by atoms with van der Waals surface area (Å²) < 4.78 is 11.4. The quantitative estimate of drug-likeness (QED) is 0.932. The van der Waals surface area contributed by atoms with Gasteiger partial charge in [0.15, 0.2) is 0 Å². The van der Waals surface area contributed by atoms with Crippen molar-refractivity contribution >= 4 is 6.09 Å². The summed E-state index contributed by atoms with van der Waals surface area (Å²) in [6.45, 7) is 5.84. The molecule has 0 bridgehead atoms. The van der Waals surface area contributed by atoms with Gasteiger partial charge in [-0.1, -0.05) is 18.2 Å². The maximum Gasteiger partial charge on any atom is 0.437 e. The minimum Gasteiger partial charge on any atom is -0.444 e. The number of amides is 1. The molecule has 23 heavy (non-hydrogen) atoms. The number of rotatable bonds is 4. The number of ether oxygens (including phenoxy) is 1. The molecule has 2 rings (SSSR count). The number of alkyl carbamates (subject to hydrolysis) is 1. The van der Waals surface area contributed by atoms with Crippen LogP contribution in [0.5, 0.6) is 0 Å². The zero-order chi connectivity index (χ0) is 17.0. The molecule has 0 radical (unpaired) electrons. The highest BCUT2D eigenvalue weighted by molar-refractivity contribution is 5.67. The van der Waals surface area contributed by atoms with E-state index in [0.717, 1.165) is 15.8 Å². The van der Waals surface area contributed by atoms with E-state index in [1.807, 2.05) is 45.0 Å². The van der Waals surface area contributed by atoms with E-state index in [0.29, 0.717) is 13.0 Å². The Balaban J connectivity index is 2.04. The van der Waals surface area contributed by atoms with E-state index in [9.17, 15) is 9.59 Å². The van der Waals surface area contributed by atoms with E-state index in [4.69, 9.17) is 9.15 Å². The van der Waals surface area contributed by atoms with Crippen LogP contribution in [0.1, 0.15) is 26.3 Å². The monoisotopic (exact) mass is 319 g/mol. The topological polar surface area (TPSA) is 86.4 Å². The lowest BCUT2D eigenvalue weighted by molar-refractivity contribution is 0.0528. The third-order valence-electron chi connectivity index (χ3n) is 3.00. The van der Waals surface area contributed by atoms with E-state index in [-0.39, 0.29) is 5.89 Å². The molecule has 0 saturated heterocycles. The van der Waals surface area contributed by atoms with Crippen LogP contribution in [-0.2, 0) is 18.2 Å². The number of hydrogen-bond donors (Lipinski definition) is 1. The van der Waals surface area contributed by atoms with E-state index < -0.39 is 17.5 Å². The van der Waals surface area contributed by atoms with Gasteiger partial charge in [0.2, 0.25) is 5.89 Å². The lowest BCUT2D eigenvalue weighted by atomic mass is 10.0. The fourth-order valence-corrected chi connectivity index (χ4v) is 2.02. The predicted molar refractivity (Wildman–Crippen MR) is 85.1 cm³/mol. The Morgan fingerprint density at radius 2 is 2.04 bits per heavy atom. The van der Waals surface area contributed by atoms with Crippen LogP contribution in [0.25, 0.3) is 11.5 Å². The number of benzene rings is 1. The Labute approximate surface area is 134 Å². The van der Waals surface area contributed by atoms with Gasteiger partial charge in [0.05, 0.1) is 0 Å². The summed E-state index contributed by atoms with van der Waals surface area (Å²) in [5.41, 5.74) is 1.13. The lowest BCUT2D eigenvalue weighted by Crippen LogP contribution is -2.33. The standard InChI is InChI=1S/C16H21N3O4/c1-16(2,3)23-14(20)17-10-9-11-7-5-6-8-12(11)13-18-19(4)15(21)22-13/h5-8H,9-10H2,1-4H3,(H,17,20). The van der Waals surface area contributed by atoms with Crippen LogP contribution >= 0.6 is 0 Å². The first kappa shape index (κ1) is 16.8. The molecule has 0 fully saturated rings. The molecule has 1 amide bonds. The number of carbonyl (C=O) groups is 1. The molecule has 7 nitrogen and oxygen atoms in total. The number of hydrogen-bond acceptors (Lipinski definition) is 5. The van der Waals surface area contributed by atoms with Crippen molar-refractivity contribution in [2.45, 2.75) is 32.8 Å². The summed E-state index contributed by atoms with van der Waals surface area (Å²) in [5, 5.41) is 6.76. The third kappa shape index (κ3) is 4.70. The van der Waals surface area contributed by atoms with Crippen molar-refractivity contribution in [1.82, 2.24) is 15.1 Å². The van der Waals surface area contributed by atoms with Crippen LogP contribution < -0.4 is 11.1 Å². The molecule has 0 unspecified atom stereocenters. The molecular weight excluding hydrogens is 298 g/mol. The maximum atomic E-state index is 11.6. The molecule has 1 aromatic heterocycles. The van der Waals surface area contributed by atoms with Gasteiger partial charge >= 0.3 is 11.8 Å². The van der Waals surface area contributed by atoms with E-state index in [1.54, 1.807) is 0 Å². The summed E-state index contributed by atoms with van der Waals surface area (Å²) in [5.74, 6) is -0.243. The second kappa shape index (κ2) is 6.68. The van der Waals surface area contributed by atoms with Gasteiger partial charge < -0.3 is 14.5 Å². The Morgan fingerprint density at radius 3 is 2.65 bits per heavy atom. The van der Waals surface area contributed by atoms with Crippen molar-refractivity contribution in [3.8, 4) is 11.5 Å². The SMILES string of the molecule is Cn1nc(-c2ccccc2CCNC(=O)OC(C)(C)C)oc1=O. The van der Waals surface area contributed by atoms with Gasteiger partial charge in [-0.15, -0.1) is 5.10 Å². The zero-order valence-electron chi connectivity index (χ0n) is 13.8. The number of nitrogens with one attached hydrogen (secondary N) is 1. The first-order valence-electron chi connectivity index (χ1n) is 7.35. The fraction of sp³-hybridized carbons (Fsp3) is 0.438. The molecule has 0 aliphatic rings. The molecular formula is C16H21N3O4. The lowest BCUT2D eigenvalue weighted by Gasteiger charge is -2.19. The van der Waals surface area contributed by atoms with Gasteiger partial charge in [-0.3, -0.25) is 0 Å². The van der Waals surface area contributed by atoms with Crippen LogP contribution in [0, 0.1) is 0 Å². The van der Waals surface area contributed by atoms with E-state index in [1.165, 1.54) is 7.05 Å². The van der Waals surface area contributed by atoms with Crippen molar-refractivity contribution in [2.24, 2.45) is 7.05 Å². The molecule has 0 spiro atoms. The first-order chi connectivity index (χ1) is 10.8. The predicted octanol–water partition coefficient (Wildman–Crippen LogP) is 2.11. The Hall–Kier alpha value is -2.57. The van der Waals surface area contributed by atoms with Crippen molar-refractivity contribution in [3.05, 3.63) is 40.4 Å². The normalized spacial score (nSPS) is 11.3. The highest BCUT2D eigenvalue weighted by Gasteiger charge is 2.16. The first-order valence-corrected chi connectivity index (χ1v) is 7.35. The molecule has 2 aromatic rings. The zero-order valence-corrected chi connectivity index (χ0v) is 13.8. The van der Waals surface area contributed by atoms with Crippen LogP contribution in [0.15, 0.2) is 33.5 Å². The summed E-state index contributed by atoms with van der Waals surface area (Å²) in [4.78, 5) is 23.1. The summed E-state index contributed by atoms with van der Waals surface area (Å²) in [6.07, 6.45) is 0.106. The van der Waals surface area contributed by atoms with Gasteiger partial charge in [-0.2, -0.15) is 4.68 Å². The number of carbonyl (C=O) groups excluding carboxylic acids is 1. The van der Waals surface area contributed by atoms with Gasteiger partial charge in [-0.25, -0.2) is 9.59 Å². The van der Waals surface area contributed by atoms with Crippen molar-refractivity contribution < 1.29 is 13.9 Å². The molecule has 7 heteroatoms. The highest BCUT2D eigenvalue weighted by Crippen LogP contribution is 2.20. The van der Waals surface area contributed by atoms with Crippen molar-refractivity contribution in [2.75, 3.05) is 6.54 Å². The summed E-state index contributed by atoms with van der Waals surface area (Å²) >= 11 is 0. The number of nitrogens with zero attached hydrogens (tertiary/aromatic N) is 2. The van der Waals surface area contributed by atoms with Gasteiger partial charge in [0.25, 0.3) is 0 Å². The summed E-state index contributed by atoms with van der Waals surface area (Å²) in [7, 11) is 1.53. The van der Waals surface area contributed by atoms with Crippen molar-refractivity contribution in [3.63, 3.8) is 0 Å². The third-order valence-corrected chi connectivity index (χ3v) is 3.00. The maximum absolute atomic E-state index is 11.6. The summed E-state index contributed by atoms with van der Waals surface area (Å²) in [6, 6.07) is 7.46. The minimum absolute atomic E-state index is 0.269. The largest absolute Gasteiger partial charge is 0.444 e. The van der Waals surface area contributed by atoms with Gasteiger partial charge in [0, 0.05) is 19.2 Å². The fourth-order valence-electron chi connectivity index (χ4n) is 2.02. The Kier molecular flexibility index (Phi) is 4.88. The highest BCUT2D eigenvalue weighted by atomic mass is 16.6.